The Kier molecular flexibility index (Phi) is 6.43. The van der Waals surface area contributed by atoms with E-state index in [9.17, 15) is 20.1 Å². The summed E-state index contributed by atoms with van der Waals surface area (Å²) in [5, 5.41) is 30.9. The maximum Gasteiger partial charge on any atom is 0.340 e. The number of benzene rings is 2. The van der Waals surface area contributed by atoms with E-state index in [1.807, 2.05) is 72.3 Å². The number of aliphatic hydroxyl groups excluding tert-OH is 3. The molecule has 0 spiro atoms. The average Bonchev–Trinajstić information content (AvgIpc) is 3.28. The lowest BCUT2D eigenvalue weighted by Crippen LogP contribution is -2.32. The van der Waals surface area contributed by atoms with Crippen molar-refractivity contribution in [2.45, 2.75) is 31.3 Å². The Balaban J connectivity index is 2.05. The maximum atomic E-state index is 13.3. The summed E-state index contributed by atoms with van der Waals surface area (Å²) in [5.41, 5.74) is 3.61. The first-order valence-corrected chi connectivity index (χ1v) is 10.6. The Bertz CT molecular complexity index is 1080. The Morgan fingerprint density at radius 2 is 1.53 bits per heavy atom. The first kappa shape index (κ1) is 22.2. The third kappa shape index (κ3) is 3.73. The molecule has 3 aromatic rings. The second kappa shape index (κ2) is 9.26. The lowest BCUT2D eigenvalue weighted by Gasteiger charge is -2.18. The van der Waals surface area contributed by atoms with Crippen LogP contribution in [0.2, 0.25) is 0 Å². The van der Waals surface area contributed by atoms with Crippen LogP contribution in [0.25, 0.3) is 22.5 Å². The first-order valence-electron chi connectivity index (χ1n) is 10.6. The predicted octanol–water partition coefficient (Wildman–Crippen LogP) is 2.69. The molecule has 1 fully saturated rings. The minimum atomic E-state index is -1.33. The SMILES string of the molecule is CCOC(=O)c1c([C@@H]2O[C@H](CO)[C@@H](O)[C@H]2O)c(-c2ccccc2)n(C)c1-c1ccccc1. The Morgan fingerprint density at radius 1 is 0.969 bits per heavy atom. The minimum absolute atomic E-state index is 0.179. The normalized spacial score (nSPS) is 22.8. The van der Waals surface area contributed by atoms with E-state index in [1.165, 1.54) is 0 Å². The van der Waals surface area contributed by atoms with Gasteiger partial charge in [-0.1, -0.05) is 60.7 Å². The van der Waals surface area contributed by atoms with Crippen molar-refractivity contribution in [2.24, 2.45) is 7.05 Å². The maximum absolute atomic E-state index is 13.3. The topological polar surface area (TPSA) is 101 Å². The van der Waals surface area contributed by atoms with E-state index >= 15 is 0 Å². The number of rotatable bonds is 6. The number of hydrogen-bond acceptors (Lipinski definition) is 6. The van der Waals surface area contributed by atoms with E-state index in [2.05, 4.69) is 0 Å². The van der Waals surface area contributed by atoms with Gasteiger partial charge in [0.15, 0.2) is 0 Å². The number of ether oxygens (including phenoxy) is 2. The summed E-state index contributed by atoms with van der Waals surface area (Å²) in [7, 11) is 1.85. The molecule has 2 heterocycles. The fourth-order valence-corrected chi connectivity index (χ4v) is 4.41. The predicted molar refractivity (Wildman–Crippen MR) is 119 cm³/mol. The van der Waals surface area contributed by atoms with Crippen molar-refractivity contribution in [1.82, 2.24) is 4.57 Å². The molecule has 1 aromatic heterocycles. The molecule has 4 rings (SSSR count). The molecule has 0 radical (unpaired) electrons. The van der Waals surface area contributed by atoms with Crippen LogP contribution in [-0.4, -0.2) is 57.4 Å². The molecule has 2 aromatic carbocycles. The minimum Gasteiger partial charge on any atom is -0.462 e. The largest absolute Gasteiger partial charge is 0.462 e. The van der Waals surface area contributed by atoms with Crippen molar-refractivity contribution >= 4 is 5.97 Å². The first-order chi connectivity index (χ1) is 15.5. The van der Waals surface area contributed by atoms with Crippen LogP contribution in [-0.2, 0) is 16.5 Å². The van der Waals surface area contributed by atoms with Crippen LogP contribution in [0, 0.1) is 0 Å². The Labute approximate surface area is 186 Å². The van der Waals surface area contributed by atoms with Gasteiger partial charge in [0, 0.05) is 12.6 Å². The summed E-state index contributed by atoms with van der Waals surface area (Å²) in [4.78, 5) is 13.3. The summed E-state index contributed by atoms with van der Waals surface area (Å²) in [6.07, 6.45) is -4.60. The van der Waals surface area contributed by atoms with Gasteiger partial charge < -0.3 is 29.4 Å². The molecule has 1 aliphatic rings. The smallest absolute Gasteiger partial charge is 0.340 e. The Morgan fingerprint density at radius 3 is 2.03 bits per heavy atom. The van der Waals surface area contributed by atoms with Gasteiger partial charge in [0.1, 0.15) is 24.4 Å². The van der Waals surface area contributed by atoms with Crippen LogP contribution < -0.4 is 0 Å². The third-order valence-corrected chi connectivity index (χ3v) is 5.83. The van der Waals surface area contributed by atoms with Crippen LogP contribution in [0.3, 0.4) is 0 Å². The van der Waals surface area contributed by atoms with Crippen molar-refractivity contribution in [3.8, 4) is 22.5 Å². The van der Waals surface area contributed by atoms with E-state index in [1.54, 1.807) is 6.92 Å². The van der Waals surface area contributed by atoms with Crippen LogP contribution in [0.4, 0.5) is 0 Å². The van der Waals surface area contributed by atoms with Gasteiger partial charge in [-0.2, -0.15) is 0 Å². The molecule has 0 aliphatic carbocycles. The zero-order chi connectivity index (χ0) is 22.8. The fraction of sp³-hybridized carbons (Fsp3) is 0.320. The van der Waals surface area contributed by atoms with Crippen LogP contribution in [0.15, 0.2) is 60.7 Å². The second-order valence-corrected chi connectivity index (χ2v) is 7.76. The number of aromatic nitrogens is 1. The van der Waals surface area contributed by atoms with Crippen molar-refractivity contribution in [3.63, 3.8) is 0 Å². The zero-order valence-corrected chi connectivity index (χ0v) is 18.0. The zero-order valence-electron chi connectivity index (χ0n) is 18.0. The average molecular weight is 437 g/mol. The van der Waals surface area contributed by atoms with Crippen molar-refractivity contribution in [2.75, 3.05) is 13.2 Å². The summed E-state index contributed by atoms with van der Waals surface area (Å²) < 4.78 is 13.2. The molecule has 0 saturated carbocycles. The van der Waals surface area contributed by atoms with E-state index in [4.69, 9.17) is 9.47 Å². The highest BCUT2D eigenvalue weighted by atomic mass is 16.6. The van der Waals surface area contributed by atoms with Crippen molar-refractivity contribution in [1.29, 1.82) is 0 Å². The fourth-order valence-electron chi connectivity index (χ4n) is 4.41. The molecule has 0 bridgehead atoms. The number of nitrogens with zero attached hydrogens (tertiary/aromatic N) is 1. The molecule has 1 aliphatic heterocycles. The molecule has 7 nitrogen and oxygen atoms in total. The molecule has 1 saturated heterocycles. The van der Waals surface area contributed by atoms with Gasteiger partial charge >= 0.3 is 5.97 Å². The monoisotopic (exact) mass is 437 g/mol. The highest BCUT2D eigenvalue weighted by molar-refractivity contribution is 6.01. The van der Waals surface area contributed by atoms with Gasteiger partial charge in [-0.15, -0.1) is 0 Å². The highest BCUT2D eigenvalue weighted by Gasteiger charge is 2.47. The van der Waals surface area contributed by atoms with Crippen LogP contribution in [0.5, 0.6) is 0 Å². The molecule has 0 unspecified atom stereocenters. The quantitative estimate of drug-likeness (QED) is 0.513. The number of hydrogen-bond donors (Lipinski definition) is 3. The van der Waals surface area contributed by atoms with Gasteiger partial charge in [0.25, 0.3) is 0 Å². The molecule has 3 N–H and O–H groups in total. The highest BCUT2D eigenvalue weighted by Crippen LogP contribution is 2.45. The van der Waals surface area contributed by atoms with Gasteiger partial charge in [-0.3, -0.25) is 0 Å². The lowest BCUT2D eigenvalue weighted by molar-refractivity contribution is -0.0229. The molecular formula is C25H27NO6. The molecule has 32 heavy (non-hydrogen) atoms. The van der Waals surface area contributed by atoms with Crippen molar-refractivity contribution in [3.05, 3.63) is 71.8 Å². The second-order valence-electron chi connectivity index (χ2n) is 7.76. The summed E-state index contributed by atoms with van der Waals surface area (Å²) in [5.74, 6) is -0.545. The number of aliphatic hydroxyl groups is 3. The van der Waals surface area contributed by atoms with Crippen LogP contribution in [0.1, 0.15) is 28.9 Å². The summed E-state index contributed by atoms with van der Waals surface area (Å²) in [6, 6.07) is 18.9. The molecule has 168 valence electrons. The van der Waals surface area contributed by atoms with Gasteiger partial charge in [-0.25, -0.2) is 4.79 Å². The Hall–Kier alpha value is -2.97. The van der Waals surface area contributed by atoms with Crippen molar-refractivity contribution < 1.29 is 29.6 Å². The summed E-state index contributed by atoms with van der Waals surface area (Å²) in [6.45, 7) is 1.45. The van der Waals surface area contributed by atoms with E-state index in [0.29, 0.717) is 17.0 Å². The third-order valence-electron chi connectivity index (χ3n) is 5.83. The van der Waals surface area contributed by atoms with Crippen LogP contribution >= 0.6 is 0 Å². The molecular weight excluding hydrogens is 410 g/mol. The van der Waals surface area contributed by atoms with Gasteiger partial charge in [-0.05, 0) is 18.1 Å². The summed E-state index contributed by atoms with van der Waals surface area (Å²) >= 11 is 0. The standard InChI is InChI=1S/C25H27NO6/c1-3-31-25(30)19-18(24-23(29)22(28)17(14-27)32-24)20(15-10-6-4-7-11-15)26(2)21(19)16-12-8-5-9-13-16/h4-13,17,22-24,27-29H,3,14H2,1-2H3/t17-,22-,23-,24+/m1/s1. The number of esters is 1. The van der Waals surface area contributed by atoms with E-state index < -0.39 is 37.0 Å². The molecule has 0 amide bonds. The number of carbonyl (C=O) groups is 1. The molecule has 7 heteroatoms. The van der Waals surface area contributed by atoms with E-state index in [-0.39, 0.29) is 12.2 Å². The van der Waals surface area contributed by atoms with Gasteiger partial charge in [0.05, 0.1) is 30.2 Å². The van der Waals surface area contributed by atoms with E-state index in [0.717, 1.165) is 11.1 Å². The van der Waals surface area contributed by atoms with Gasteiger partial charge in [0.2, 0.25) is 0 Å². The lowest BCUT2D eigenvalue weighted by atomic mass is 9.93. The molecule has 4 atom stereocenters. The number of carbonyl (C=O) groups excluding carboxylic acids is 1.